The van der Waals surface area contributed by atoms with Gasteiger partial charge in [-0.25, -0.2) is 0 Å². The molecule has 0 radical (unpaired) electrons. The number of hydrogen-bond acceptors (Lipinski definition) is 1. The minimum atomic E-state index is 0.0758. The van der Waals surface area contributed by atoms with Crippen LogP contribution in [-0.4, -0.2) is 11.9 Å². The molecular weight excluding hydrogens is 301 g/mol. The first-order valence-electron chi connectivity index (χ1n) is 5.15. The number of aryl methyl sites for hydroxylation is 1. The van der Waals surface area contributed by atoms with Crippen molar-refractivity contribution in [3.05, 3.63) is 32.9 Å². The zero-order valence-corrected chi connectivity index (χ0v) is 11.0. The van der Waals surface area contributed by atoms with Crippen molar-refractivity contribution in [2.24, 2.45) is 5.92 Å². The highest BCUT2D eigenvalue weighted by Gasteiger charge is 2.34. The molecule has 0 heterocycles. The van der Waals surface area contributed by atoms with Crippen molar-refractivity contribution in [2.45, 2.75) is 26.3 Å². The van der Waals surface area contributed by atoms with E-state index in [4.69, 9.17) is 0 Å². The molecule has 2 nitrogen and oxygen atoms in total. The van der Waals surface area contributed by atoms with Gasteiger partial charge in [0.25, 0.3) is 5.91 Å². The predicted molar refractivity (Wildman–Crippen MR) is 68.9 cm³/mol. The van der Waals surface area contributed by atoms with Crippen molar-refractivity contribution in [2.75, 3.05) is 0 Å². The van der Waals surface area contributed by atoms with E-state index >= 15 is 0 Å². The lowest BCUT2D eigenvalue weighted by Crippen LogP contribution is -2.28. The summed E-state index contributed by atoms with van der Waals surface area (Å²) in [5.74, 6) is 0.725. The average Bonchev–Trinajstić information content (AvgIpc) is 2.81. The third-order valence-corrected chi connectivity index (χ3v) is 3.77. The average molecular weight is 315 g/mol. The quantitative estimate of drug-likeness (QED) is 0.836. The molecule has 0 spiro atoms. The molecule has 1 aromatic rings. The van der Waals surface area contributed by atoms with Crippen LogP contribution in [0.15, 0.2) is 18.2 Å². The second kappa shape index (κ2) is 4.12. The van der Waals surface area contributed by atoms with Crippen molar-refractivity contribution in [1.82, 2.24) is 5.32 Å². The highest BCUT2D eigenvalue weighted by atomic mass is 127. The van der Waals surface area contributed by atoms with Crippen molar-refractivity contribution in [1.29, 1.82) is 0 Å². The minimum Gasteiger partial charge on any atom is -0.349 e. The number of halogens is 1. The van der Waals surface area contributed by atoms with E-state index in [1.807, 2.05) is 25.1 Å². The van der Waals surface area contributed by atoms with Gasteiger partial charge in [0.15, 0.2) is 0 Å². The summed E-state index contributed by atoms with van der Waals surface area (Å²) in [6.45, 7) is 4.14. The van der Waals surface area contributed by atoms with Gasteiger partial charge in [0.05, 0.1) is 5.56 Å². The molecule has 15 heavy (non-hydrogen) atoms. The van der Waals surface area contributed by atoms with Crippen LogP contribution in [0.2, 0.25) is 0 Å². The van der Waals surface area contributed by atoms with Gasteiger partial charge in [-0.1, -0.05) is 19.1 Å². The largest absolute Gasteiger partial charge is 0.349 e. The molecule has 1 saturated carbocycles. The number of carbonyl (C=O) groups excluding carboxylic acids is 1. The predicted octanol–water partition coefficient (Wildman–Crippen LogP) is 2.74. The van der Waals surface area contributed by atoms with E-state index in [2.05, 4.69) is 34.8 Å². The molecule has 3 heteroatoms. The number of carbonyl (C=O) groups is 1. The molecule has 1 fully saturated rings. The van der Waals surface area contributed by atoms with Gasteiger partial charge < -0.3 is 5.32 Å². The second-order valence-electron chi connectivity index (χ2n) is 4.22. The van der Waals surface area contributed by atoms with Gasteiger partial charge in [0.2, 0.25) is 0 Å². The highest BCUT2D eigenvalue weighted by molar-refractivity contribution is 14.1. The summed E-state index contributed by atoms with van der Waals surface area (Å²) in [5, 5.41) is 3.06. The van der Waals surface area contributed by atoms with Gasteiger partial charge in [-0.2, -0.15) is 0 Å². The smallest absolute Gasteiger partial charge is 0.252 e. The van der Waals surface area contributed by atoms with Crippen LogP contribution in [0.1, 0.15) is 29.3 Å². The zero-order valence-electron chi connectivity index (χ0n) is 8.88. The first-order chi connectivity index (χ1) is 7.09. The van der Waals surface area contributed by atoms with Crippen LogP contribution in [-0.2, 0) is 0 Å². The lowest BCUT2D eigenvalue weighted by molar-refractivity contribution is 0.0948. The van der Waals surface area contributed by atoms with Crippen molar-refractivity contribution < 1.29 is 4.79 Å². The fraction of sp³-hybridized carbons (Fsp3) is 0.417. The molecule has 1 N–H and O–H groups in total. The molecule has 0 bridgehead atoms. The summed E-state index contributed by atoms with van der Waals surface area (Å²) in [6.07, 6.45) is 1.12. The lowest BCUT2D eigenvalue weighted by atomic mass is 10.1. The Morgan fingerprint density at radius 3 is 2.73 bits per heavy atom. The van der Waals surface area contributed by atoms with Crippen LogP contribution in [0, 0.1) is 16.4 Å². The molecule has 0 saturated heterocycles. The maximum absolute atomic E-state index is 12.0. The second-order valence-corrected chi connectivity index (χ2v) is 5.39. The Hall–Kier alpha value is -0.580. The van der Waals surface area contributed by atoms with Crippen LogP contribution in [0.3, 0.4) is 0 Å². The van der Waals surface area contributed by atoms with Crippen molar-refractivity contribution in [3.8, 4) is 0 Å². The normalized spacial score (nSPS) is 23.7. The summed E-state index contributed by atoms with van der Waals surface area (Å²) in [6, 6.07) is 6.33. The van der Waals surface area contributed by atoms with Gasteiger partial charge in [-0.15, -0.1) is 0 Å². The molecule has 1 aliphatic carbocycles. The molecule has 2 unspecified atom stereocenters. The zero-order chi connectivity index (χ0) is 11.0. The van der Waals surface area contributed by atoms with E-state index in [0.29, 0.717) is 12.0 Å². The maximum atomic E-state index is 12.0. The Labute approximate surface area is 104 Å². The van der Waals surface area contributed by atoms with E-state index in [0.717, 1.165) is 21.1 Å². The lowest BCUT2D eigenvalue weighted by Gasteiger charge is -2.08. The van der Waals surface area contributed by atoms with Crippen molar-refractivity contribution >= 4 is 28.5 Å². The summed E-state index contributed by atoms with van der Waals surface area (Å²) in [4.78, 5) is 12.0. The third kappa shape index (κ3) is 2.33. The molecule has 80 valence electrons. The summed E-state index contributed by atoms with van der Waals surface area (Å²) in [7, 11) is 0. The van der Waals surface area contributed by atoms with Gasteiger partial charge >= 0.3 is 0 Å². The van der Waals surface area contributed by atoms with Crippen LogP contribution in [0.4, 0.5) is 0 Å². The number of benzene rings is 1. The molecular formula is C12H14INO. The van der Waals surface area contributed by atoms with E-state index in [9.17, 15) is 4.79 Å². The Morgan fingerprint density at radius 2 is 2.20 bits per heavy atom. The third-order valence-electron chi connectivity index (χ3n) is 2.87. The molecule has 0 aliphatic heterocycles. The Kier molecular flexibility index (Phi) is 3.00. The summed E-state index contributed by atoms with van der Waals surface area (Å²) in [5.41, 5.74) is 1.88. The molecule has 1 amide bonds. The number of amides is 1. The van der Waals surface area contributed by atoms with Crippen LogP contribution in [0.25, 0.3) is 0 Å². The standard InChI is InChI=1S/C12H14INO/c1-7-4-3-5-9(13)11(7)12(15)14-10-6-8(10)2/h3-5,8,10H,6H2,1-2H3,(H,14,15). The van der Waals surface area contributed by atoms with Crippen LogP contribution >= 0.6 is 22.6 Å². The van der Waals surface area contributed by atoms with Gasteiger partial charge in [-0.3, -0.25) is 4.79 Å². The molecule has 2 atom stereocenters. The fourth-order valence-electron chi connectivity index (χ4n) is 1.68. The Morgan fingerprint density at radius 1 is 1.53 bits per heavy atom. The van der Waals surface area contributed by atoms with Gasteiger partial charge in [0.1, 0.15) is 0 Å². The van der Waals surface area contributed by atoms with Crippen LogP contribution < -0.4 is 5.32 Å². The highest BCUT2D eigenvalue weighted by Crippen LogP contribution is 2.29. The first-order valence-corrected chi connectivity index (χ1v) is 6.23. The van der Waals surface area contributed by atoms with Crippen molar-refractivity contribution in [3.63, 3.8) is 0 Å². The molecule has 2 rings (SSSR count). The van der Waals surface area contributed by atoms with E-state index in [1.54, 1.807) is 0 Å². The summed E-state index contributed by atoms with van der Waals surface area (Å²) >= 11 is 2.21. The SMILES string of the molecule is Cc1cccc(I)c1C(=O)NC1CC1C. The molecule has 1 aromatic carbocycles. The Bertz CT molecular complexity index is 382. The Balaban J connectivity index is 2.17. The first kappa shape index (κ1) is 10.9. The number of rotatable bonds is 2. The number of hydrogen-bond donors (Lipinski definition) is 1. The van der Waals surface area contributed by atoms with Gasteiger partial charge in [0, 0.05) is 9.61 Å². The maximum Gasteiger partial charge on any atom is 0.252 e. The summed E-state index contributed by atoms with van der Waals surface area (Å²) < 4.78 is 1.03. The fourth-order valence-corrected chi connectivity index (χ4v) is 2.56. The van der Waals surface area contributed by atoms with E-state index in [1.165, 1.54) is 0 Å². The van der Waals surface area contributed by atoms with E-state index < -0.39 is 0 Å². The minimum absolute atomic E-state index is 0.0758. The molecule has 0 aromatic heterocycles. The topological polar surface area (TPSA) is 29.1 Å². The van der Waals surface area contributed by atoms with Gasteiger partial charge in [-0.05, 0) is 53.5 Å². The number of nitrogens with one attached hydrogen (secondary N) is 1. The monoisotopic (exact) mass is 315 g/mol. The molecule has 1 aliphatic rings. The van der Waals surface area contributed by atoms with E-state index in [-0.39, 0.29) is 5.91 Å². The van der Waals surface area contributed by atoms with Crippen LogP contribution in [0.5, 0.6) is 0 Å².